The van der Waals surface area contributed by atoms with E-state index in [0.29, 0.717) is 69.0 Å². The van der Waals surface area contributed by atoms with E-state index in [0.717, 1.165) is 55.2 Å². The van der Waals surface area contributed by atoms with Gasteiger partial charge in [0.2, 0.25) is 0 Å². The molecule has 0 aromatic heterocycles. The van der Waals surface area contributed by atoms with Crippen molar-refractivity contribution in [3.63, 3.8) is 0 Å². The second-order valence-electron chi connectivity index (χ2n) is 16.1. The summed E-state index contributed by atoms with van der Waals surface area (Å²) in [5.74, 6) is 0.0628. The van der Waals surface area contributed by atoms with Crippen molar-refractivity contribution in [2.45, 2.75) is 109 Å². The van der Waals surface area contributed by atoms with Gasteiger partial charge in [-0.3, -0.25) is 4.79 Å². The Morgan fingerprint density at radius 3 is 2.63 bits per heavy atom. The summed E-state index contributed by atoms with van der Waals surface area (Å²) >= 11 is 0. The van der Waals surface area contributed by atoms with Crippen LogP contribution >= 0.6 is 0 Å². The van der Waals surface area contributed by atoms with Crippen LogP contribution in [0, 0.1) is 29.1 Å². The monoisotopic (exact) mass is 700 g/mol. The van der Waals surface area contributed by atoms with Crippen LogP contribution in [0.25, 0.3) is 0 Å². The topological polar surface area (TPSA) is 122 Å². The minimum absolute atomic E-state index is 0.00538. The van der Waals surface area contributed by atoms with Gasteiger partial charge in [-0.05, 0) is 145 Å². The third-order valence-corrected chi connectivity index (χ3v) is 13.0. The van der Waals surface area contributed by atoms with Crippen LogP contribution in [-0.2, 0) is 17.6 Å². The van der Waals surface area contributed by atoms with Crippen molar-refractivity contribution in [1.29, 1.82) is 0 Å². The van der Waals surface area contributed by atoms with Crippen molar-refractivity contribution in [2.24, 2.45) is 29.1 Å². The van der Waals surface area contributed by atoms with Crippen LogP contribution in [0.1, 0.15) is 89.2 Å². The maximum Gasteiger partial charge on any atom is 0.145 e. The van der Waals surface area contributed by atoms with Gasteiger partial charge in [0, 0.05) is 30.5 Å². The smallest absolute Gasteiger partial charge is 0.145 e. The van der Waals surface area contributed by atoms with Crippen LogP contribution in [0.2, 0.25) is 0 Å². The number of aliphatic hydroxyl groups excluding tert-OH is 3. The van der Waals surface area contributed by atoms with Crippen LogP contribution in [-0.4, -0.2) is 77.8 Å². The summed E-state index contributed by atoms with van der Waals surface area (Å²) in [4.78, 5) is 12.1. The van der Waals surface area contributed by atoms with E-state index < -0.39 is 17.1 Å². The molecule has 0 amide bonds. The molecular weight excluding hydrogens is 636 g/mol. The number of allylic oxidation sites excluding steroid dienone is 7. The molecule has 8 atom stereocenters. The molecule has 5 rings (SSSR count). The van der Waals surface area contributed by atoms with E-state index in [1.807, 2.05) is 26.1 Å². The first-order valence-electron chi connectivity index (χ1n) is 19.6. The fourth-order valence-electron chi connectivity index (χ4n) is 10.3. The van der Waals surface area contributed by atoms with E-state index in [9.17, 15) is 25.2 Å². The van der Waals surface area contributed by atoms with E-state index in [1.165, 1.54) is 23.1 Å². The number of nitrogens with one attached hydrogen (secondary N) is 2. The minimum Gasteiger partial charge on any atom is -0.396 e. The SMILES string of the molecule is C=C(C=CC=C(CO)[C@H]1CC[C@]2([C@@H]1O)[C@@H](CCCO)C(=C(C)C=O)CC[C@]2(O)CCNC)[C@@H]1Cc2cccc(c2)C[C@H](C)NCC2=C[C@H]1CCC2. The Hall–Kier alpha value is -2.65. The Balaban J connectivity index is 1.44. The van der Waals surface area contributed by atoms with Crippen molar-refractivity contribution in [3.05, 3.63) is 94.1 Å². The molecule has 280 valence electrons. The summed E-state index contributed by atoms with van der Waals surface area (Å²) < 4.78 is 0. The molecule has 0 radical (unpaired) electrons. The van der Waals surface area contributed by atoms with Crippen LogP contribution in [0.15, 0.2) is 83.0 Å². The molecule has 7 heteroatoms. The molecule has 1 aromatic carbocycles. The number of aliphatic hydroxyl groups is 4. The lowest BCUT2D eigenvalue weighted by Gasteiger charge is -2.57. The number of hydrogen-bond acceptors (Lipinski definition) is 7. The van der Waals surface area contributed by atoms with Crippen molar-refractivity contribution < 1.29 is 25.2 Å². The maximum atomic E-state index is 12.5. The molecule has 1 aliphatic heterocycles. The van der Waals surface area contributed by atoms with Gasteiger partial charge in [-0.1, -0.05) is 71.9 Å². The van der Waals surface area contributed by atoms with E-state index in [2.05, 4.69) is 60.6 Å². The molecule has 0 unspecified atom stereocenters. The number of aldehydes is 1. The molecule has 7 nitrogen and oxygen atoms in total. The van der Waals surface area contributed by atoms with Gasteiger partial charge >= 0.3 is 0 Å². The number of carbonyl (C=O) groups is 1. The molecule has 2 saturated carbocycles. The summed E-state index contributed by atoms with van der Waals surface area (Å²) in [5, 5.41) is 52.4. The van der Waals surface area contributed by atoms with E-state index in [-0.39, 0.29) is 31.0 Å². The summed E-state index contributed by atoms with van der Waals surface area (Å²) in [7, 11) is 1.87. The van der Waals surface area contributed by atoms with Crippen molar-refractivity contribution in [3.8, 4) is 0 Å². The average molecular weight is 701 g/mol. The highest BCUT2D eigenvalue weighted by Gasteiger charge is 2.65. The van der Waals surface area contributed by atoms with Gasteiger partial charge in [-0.15, -0.1) is 0 Å². The van der Waals surface area contributed by atoms with Gasteiger partial charge in [-0.25, -0.2) is 0 Å². The molecule has 1 aromatic rings. The van der Waals surface area contributed by atoms with Crippen molar-refractivity contribution >= 4 is 6.29 Å². The van der Waals surface area contributed by atoms with Crippen molar-refractivity contribution in [2.75, 3.05) is 33.4 Å². The molecule has 4 aliphatic rings. The lowest BCUT2D eigenvalue weighted by molar-refractivity contribution is -0.180. The van der Waals surface area contributed by atoms with Crippen LogP contribution in [0.4, 0.5) is 0 Å². The lowest BCUT2D eigenvalue weighted by atomic mass is 9.51. The maximum absolute atomic E-state index is 12.5. The molecule has 6 N–H and O–H groups in total. The first kappa shape index (κ1) is 39.6. The zero-order chi connectivity index (χ0) is 36.6. The van der Waals surface area contributed by atoms with Gasteiger partial charge in [0.1, 0.15) is 6.29 Å². The van der Waals surface area contributed by atoms with E-state index in [1.54, 1.807) is 0 Å². The summed E-state index contributed by atoms with van der Waals surface area (Å²) in [6, 6.07) is 9.41. The Morgan fingerprint density at radius 2 is 1.90 bits per heavy atom. The van der Waals surface area contributed by atoms with Gasteiger partial charge in [0.25, 0.3) is 0 Å². The third kappa shape index (κ3) is 8.61. The van der Waals surface area contributed by atoms with Crippen molar-refractivity contribution in [1.82, 2.24) is 10.6 Å². The van der Waals surface area contributed by atoms with E-state index >= 15 is 0 Å². The Kier molecular flexibility index (Phi) is 13.9. The number of rotatable bonds is 12. The second kappa shape index (κ2) is 17.9. The molecule has 1 heterocycles. The number of carbonyl (C=O) groups excluding carboxylic acids is 1. The third-order valence-electron chi connectivity index (χ3n) is 13.0. The Morgan fingerprint density at radius 1 is 1.12 bits per heavy atom. The molecule has 1 spiro atoms. The van der Waals surface area contributed by atoms with Crippen LogP contribution in [0.3, 0.4) is 0 Å². The summed E-state index contributed by atoms with van der Waals surface area (Å²) in [5.41, 5.74) is 5.58. The first-order chi connectivity index (χ1) is 24.6. The predicted octanol–water partition coefficient (Wildman–Crippen LogP) is 5.93. The number of fused-ring (bicyclic) bond motifs is 3. The quantitative estimate of drug-likeness (QED) is 0.0692. The largest absolute Gasteiger partial charge is 0.396 e. The standard InChI is InChI=1S/C44H64N2O5/c1-30(40-26-34-11-6-10-33(24-34)23-32(3)46-27-35-12-7-13-36(40)25-35)9-5-14-37(29-49)39-17-19-44(42(39)50)41(15-8-22-47)38(31(2)28-48)16-18-43(44,51)20-21-45-4/h5-6,9-11,14,24-25,28,32,36,39-42,45-47,49-51H,1,7-8,12-13,15-23,26-27,29H2,2-4H3/t32-,36+,39+,40-,41-,42+,43-,44+/m0/s1. The predicted molar refractivity (Wildman–Crippen MR) is 206 cm³/mol. The minimum atomic E-state index is -1.16. The van der Waals surface area contributed by atoms with Crippen LogP contribution in [0.5, 0.6) is 0 Å². The zero-order valence-corrected chi connectivity index (χ0v) is 31.4. The number of hydrogen-bond donors (Lipinski definition) is 6. The van der Waals surface area contributed by atoms with Gasteiger partial charge in [-0.2, -0.15) is 0 Å². The Labute approximate surface area is 306 Å². The fourth-order valence-corrected chi connectivity index (χ4v) is 10.3. The van der Waals surface area contributed by atoms with Gasteiger partial charge in [0.05, 0.1) is 18.3 Å². The molecule has 51 heavy (non-hydrogen) atoms. The van der Waals surface area contributed by atoms with Crippen LogP contribution < -0.4 is 10.6 Å². The first-order valence-corrected chi connectivity index (χ1v) is 19.6. The normalized spacial score (nSPS) is 34.2. The second-order valence-corrected chi connectivity index (χ2v) is 16.1. The average Bonchev–Trinajstić information content (AvgIpc) is 3.48. The Bertz CT molecular complexity index is 1490. The summed E-state index contributed by atoms with van der Waals surface area (Å²) in [6.07, 6.45) is 17.7. The molecular formula is C44H64N2O5. The van der Waals surface area contributed by atoms with E-state index in [4.69, 9.17) is 0 Å². The van der Waals surface area contributed by atoms with Gasteiger partial charge < -0.3 is 31.1 Å². The fraction of sp³-hybridized carbons (Fsp3) is 0.614. The van der Waals surface area contributed by atoms with Gasteiger partial charge in [0.15, 0.2) is 0 Å². The zero-order valence-electron chi connectivity index (χ0n) is 31.4. The molecule has 3 aliphatic carbocycles. The molecule has 2 fully saturated rings. The lowest BCUT2D eigenvalue weighted by Crippen LogP contribution is -2.61. The highest BCUT2D eigenvalue weighted by atomic mass is 16.3. The highest BCUT2D eigenvalue weighted by molar-refractivity contribution is 5.74. The molecule has 4 bridgehead atoms. The highest BCUT2D eigenvalue weighted by Crippen LogP contribution is 2.63. The number of benzene rings is 1. The molecule has 0 saturated heterocycles. The summed E-state index contributed by atoms with van der Waals surface area (Å²) in [6.45, 7) is 10.0.